The average Bonchev–Trinajstić information content (AvgIpc) is 2.62. The molecule has 0 spiro atoms. The van der Waals surface area contributed by atoms with Gasteiger partial charge in [-0.1, -0.05) is 31.4 Å². The molecule has 140 valence electrons. The monoisotopic (exact) mass is 367 g/mol. The van der Waals surface area contributed by atoms with Crippen LogP contribution in [0.3, 0.4) is 0 Å². The SMILES string of the molecule is CNCCCC(=O)Nc1ccccc1C(=O)N(C)C1CCCCC1.Cl. The number of rotatable bonds is 7. The Balaban J connectivity index is 0.00000312. The predicted octanol–water partition coefficient (Wildman–Crippen LogP) is 3.45. The van der Waals surface area contributed by atoms with Crippen molar-refractivity contribution in [3.8, 4) is 0 Å². The van der Waals surface area contributed by atoms with Crippen molar-refractivity contribution in [3.63, 3.8) is 0 Å². The van der Waals surface area contributed by atoms with Gasteiger partial charge in [0.25, 0.3) is 5.91 Å². The number of anilines is 1. The molecule has 0 saturated heterocycles. The fourth-order valence-electron chi connectivity index (χ4n) is 3.24. The molecule has 0 atom stereocenters. The largest absolute Gasteiger partial charge is 0.339 e. The molecule has 2 N–H and O–H groups in total. The average molecular weight is 368 g/mol. The maximum atomic E-state index is 12.9. The molecule has 0 heterocycles. The molecule has 0 aliphatic heterocycles. The van der Waals surface area contributed by atoms with E-state index in [9.17, 15) is 9.59 Å². The smallest absolute Gasteiger partial charge is 0.255 e. The minimum absolute atomic E-state index is 0. The number of hydrogen-bond donors (Lipinski definition) is 2. The van der Waals surface area contributed by atoms with E-state index in [1.807, 2.05) is 31.1 Å². The molecule has 0 radical (unpaired) electrons. The van der Waals surface area contributed by atoms with E-state index in [4.69, 9.17) is 0 Å². The molecule has 1 aliphatic carbocycles. The van der Waals surface area contributed by atoms with Gasteiger partial charge in [0.1, 0.15) is 0 Å². The molecule has 0 unspecified atom stereocenters. The maximum absolute atomic E-state index is 12.9. The first-order chi connectivity index (χ1) is 11.6. The standard InChI is InChI=1S/C19H29N3O2.ClH/c1-20-14-8-13-18(23)21-17-12-7-6-11-16(17)19(24)22(2)15-9-4-3-5-10-15;/h6-7,11-12,15,20H,3-5,8-10,13-14H2,1-2H3,(H,21,23);1H. The van der Waals surface area contributed by atoms with E-state index in [2.05, 4.69) is 10.6 Å². The maximum Gasteiger partial charge on any atom is 0.255 e. The Morgan fingerprint density at radius 1 is 1.16 bits per heavy atom. The normalized spacial score (nSPS) is 14.5. The molecule has 6 heteroatoms. The number of nitrogens with one attached hydrogen (secondary N) is 2. The van der Waals surface area contributed by atoms with Gasteiger partial charge in [-0.05, 0) is 45.0 Å². The van der Waals surface area contributed by atoms with Crippen LogP contribution in [0.2, 0.25) is 0 Å². The van der Waals surface area contributed by atoms with Crippen molar-refractivity contribution in [3.05, 3.63) is 29.8 Å². The van der Waals surface area contributed by atoms with Crippen LogP contribution < -0.4 is 10.6 Å². The summed E-state index contributed by atoms with van der Waals surface area (Å²) in [7, 11) is 3.75. The number of halogens is 1. The zero-order valence-corrected chi connectivity index (χ0v) is 16.0. The Morgan fingerprint density at radius 3 is 2.52 bits per heavy atom. The van der Waals surface area contributed by atoms with E-state index >= 15 is 0 Å². The highest BCUT2D eigenvalue weighted by Crippen LogP contribution is 2.25. The molecule has 5 nitrogen and oxygen atoms in total. The third-order valence-corrected chi connectivity index (χ3v) is 4.70. The second-order valence-corrected chi connectivity index (χ2v) is 6.51. The zero-order valence-electron chi connectivity index (χ0n) is 15.2. The van der Waals surface area contributed by atoms with Gasteiger partial charge in [0.2, 0.25) is 5.91 Å². The lowest BCUT2D eigenvalue weighted by Gasteiger charge is -2.31. The fourth-order valence-corrected chi connectivity index (χ4v) is 3.24. The summed E-state index contributed by atoms with van der Waals surface area (Å²) in [6, 6.07) is 7.60. The van der Waals surface area contributed by atoms with Crippen molar-refractivity contribution in [2.75, 3.05) is 26.0 Å². The summed E-state index contributed by atoms with van der Waals surface area (Å²) in [4.78, 5) is 26.8. The van der Waals surface area contributed by atoms with Crippen molar-refractivity contribution < 1.29 is 9.59 Å². The van der Waals surface area contributed by atoms with E-state index in [1.165, 1.54) is 19.3 Å². The quantitative estimate of drug-likeness (QED) is 0.725. The van der Waals surface area contributed by atoms with Crippen LogP contribution in [0.15, 0.2) is 24.3 Å². The zero-order chi connectivity index (χ0) is 17.4. The third-order valence-electron chi connectivity index (χ3n) is 4.70. The molecule has 0 bridgehead atoms. The number of carbonyl (C=O) groups excluding carboxylic acids is 2. The van der Waals surface area contributed by atoms with Crippen LogP contribution in [0.1, 0.15) is 55.3 Å². The van der Waals surface area contributed by atoms with Crippen molar-refractivity contribution in [2.24, 2.45) is 0 Å². The second-order valence-electron chi connectivity index (χ2n) is 6.51. The van der Waals surface area contributed by atoms with Gasteiger partial charge in [0.05, 0.1) is 11.3 Å². The lowest BCUT2D eigenvalue weighted by atomic mass is 9.94. The van der Waals surface area contributed by atoms with Gasteiger partial charge < -0.3 is 15.5 Å². The molecule has 1 aromatic rings. The number of carbonyl (C=O) groups is 2. The van der Waals surface area contributed by atoms with Gasteiger partial charge in [0.15, 0.2) is 0 Å². The molecule has 2 amide bonds. The van der Waals surface area contributed by atoms with E-state index in [1.54, 1.807) is 12.1 Å². The highest BCUT2D eigenvalue weighted by Gasteiger charge is 2.24. The molecule has 1 aliphatic rings. The third kappa shape index (κ3) is 6.33. The number of benzene rings is 1. The second kappa shape index (κ2) is 11.1. The Hall–Kier alpha value is -1.59. The summed E-state index contributed by atoms with van der Waals surface area (Å²) in [5.41, 5.74) is 1.19. The fraction of sp³-hybridized carbons (Fsp3) is 0.579. The first-order valence-electron chi connectivity index (χ1n) is 8.94. The minimum atomic E-state index is -0.0502. The van der Waals surface area contributed by atoms with Gasteiger partial charge in [-0.2, -0.15) is 0 Å². The van der Waals surface area contributed by atoms with Crippen LogP contribution in [0.5, 0.6) is 0 Å². The van der Waals surface area contributed by atoms with Crippen molar-refractivity contribution in [1.82, 2.24) is 10.2 Å². The molecular formula is C19H30ClN3O2. The van der Waals surface area contributed by atoms with Crippen LogP contribution in [0.4, 0.5) is 5.69 Å². The number of hydrogen-bond acceptors (Lipinski definition) is 3. The van der Waals surface area contributed by atoms with Crippen molar-refractivity contribution in [1.29, 1.82) is 0 Å². The van der Waals surface area contributed by atoms with Gasteiger partial charge in [-0.15, -0.1) is 12.4 Å². The number of nitrogens with zero attached hydrogens (tertiary/aromatic N) is 1. The molecule has 2 rings (SSSR count). The lowest BCUT2D eigenvalue weighted by Crippen LogP contribution is -2.38. The summed E-state index contributed by atoms with van der Waals surface area (Å²) >= 11 is 0. The lowest BCUT2D eigenvalue weighted by molar-refractivity contribution is -0.116. The summed E-state index contributed by atoms with van der Waals surface area (Å²) in [6.07, 6.45) is 7.00. The Kier molecular flexibility index (Phi) is 9.53. The van der Waals surface area contributed by atoms with Crippen LogP contribution in [-0.4, -0.2) is 43.4 Å². The molecule has 1 fully saturated rings. The molecule has 1 saturated carbocycles. The van der Waals surface area contributed by atoms with Crippen LogP contribution >= 0.6 is 12.4 Å². The van der Waals surface area contributed by atoms with Crippen LogP contribution in [0.25, 0.3) is 0 Å². The highest BCUT2D eigenvalue weighted by molar-refractivity contribution is 6.03. The van der Waals surface area contributed by atoms with Crippen LogP contribution in [0, 0.1) is 0 Å². The van der Waals surface area contributed by atoms with Gasteiger partial charge in [-0.3, -0.25) is 9.59 Å². The molecule has 0 aromatic heterocycles. The number of para-hydroxylation sites is 1. The van der Waals surface area contributed by atoms with Gasteiger partial charge in [-0.25, -0.2) is 0 Å². The first-order valence-corrected chi connectivity index (χ1v) is 8.94. The predicted molar refractivity (Wildman–Crippen MR) is 104 cm³/mol. The molecule has 25 heavy (non-hydrogen) atoms. The summed E-state index contributed by atoms with van der Waals surface area (Å²) < 4.78 is 0. The van der Waals surface area contributed by atoms with E-state index in [0.717, 1.165) is 25.8 Å². The highest BCUT2D eigenvalue weighted by atomic mass is 35.5. The summed E-state index contributed by atoms with van der Waals surface area (Å²) in [5.74, 6) is -0.0566. The van der Waals surface area contributed by atoms with Crippen molar-refractivity contribution in [2.45, 2.75) is 51.0 Å². The van der Waals surface area contributed by atoms with E-state index < -0.39 is 0 Å². The molecular weight excluding hydrogens is 338 g/mol. The Morgan fingerprint density at radius 2 is 1.84 bits per heavy atom. The van der Waals surface area contributed by atoms with E-state index in [0.29, 0.717) is 23.7 Å². The number of amides is 2. The van der Waals surface area contributed by atoms with Gasteiger partial charge >= 0.3 is 0 Å². The Labute approximate surface area is 157 Å². The van der Waals surface area contributed by atoms with E-state index in [-0.39, 0.29) is 24.2 Å². The van der Waals surface area contributed by atoms with Gasteiger partial charge in [0, 0.05) is 19.5 Å². The minimum Gasteiger partial charge on any atom is -0.339 e. The topological polar surface area (TPSA) is 61.4 Å². The summed E-state index contributed by atoms with van der Waals surface area (Å²) in [6.45, 7) is 0.804. The Bertz CT molecular complexity index is 559. The van der Waals surface area contributed by atoms with Crippen LogP contribution in [-0.2, 0) is 4.79 Å². The summed E-state index contributed by atoms with van der Waals surface area (Å²) in [5, 5.41) is 5.92. The van der Waals surface area contributed by atoms with Crippen molar-refractivity contribution >= 4 is 29.9 Å². The molecule has 1 aromatic carbocycles. The first kappa shape index (κ1) is 21.5.